The van der Waals surface area contributed by atoms with E-state index in [1.807, 2.05) is 6.92 Å². The van der Waals surface area contributed by atoms with Crippen LogP contribution in [0.4, 0.5) is 0 Å². The first-order chi connectivity index (χ1) is 5.56. The number of ether oxygens (including phenoxy) is 1. The van der Waals surface area contributed by atoms with Gasteiger partial charge in [0.05, 0.1) is 12.0 Å². The van der Waals surface area contributed by atoms with Crippen molar-refractivity contribution in [1.82, 2.24) is 0 Å². The van der Waals surface area contributed by atoms with Crippen LogP contribution in [-0.2, 0) is 9.53 Å². The van der Waals surface area contributed by atoms with E-state index in [0.29, 0.717) is 0 Å². The normalized spacial score (nSPS) is 13.3. The summed E-state index contributed by atoms with van der Waals surface area (Å²) in [7, 11) is 0. The van der Waals surface area contributed by atoms with Crippen LogP contribution in [0.3, 0.4) is 0 Å². The maximum atomic E-state index is 10.4. The zero-order valence-corrected chi connectivity index (χ0v) is 7.63. The number of esters is 1. The maximum absolute atomic E-state index is 10.4. The van der Waals surface area contributed by atoms with E-state index in [4.69, 9.17) is 10.00 Å². The third-order valence-electron chi connectivity index (χ3n) is 1.24. The first kappa shape index (κ1) is 10.7. The van der Waals surface area contributed by atoms with Crippen LogP contribution in [0.5, 0.6) is 0 Å². The second kappa shape index (κ2) is 5.36. The van der Waals surface area contributed by atoms with Gasteiger partial charge in [0.2, 0.25) is 0 Å². The molecule has 0 saturated heterocycles. The lowest BCUT2D eigenvalue weighted by Gasteiger charge is -2.02. The molecule has 0 rings (SSSR count). The van der Waals surface area contributed by atoms with Crippen LogP contribution in [0, 0.1) is 17.2 Å². The van der Waals surface area contributed by atoms with Gasteiger partial charge in [-0.25, -0.2) is 0 Å². The first-order valence-corrected chi connectivity index (χ1v) is 3.76. The monoisotopic (exact) mass is 167 g/mol. The Hall–Kier alpha value is -1.30. The van der Waals surface area contributed by atoms with E-state index in [0.717, 1.165) is 5.57 Å². The van der Waals surface area contributed by atoms with E-state index in [1.165, 1.54) is 6.92 Å². The highest BCUT2D eigenvalue weighted by Gasteiger charge is 1.97. The van der Waals surface area contributed by atoms with Gasteiger partial charge in [-0.2, -0.15) is 5.26 Å². The third kappa shape index (κ3) is 5.48. The molecule has 12 heavy (non-hydrogen) atoms. The molecule has 1 atom stereocenters. The Balaban J connectivity index is 3.87. The number of nitrogens with zero attached hydrogens (tertiary/aromatic N) is 1. The van der Waals surface area contributed by atoms with E-state index < -0.39 is 0 Å². The van der Waals surface area contributed by atoms with Crippen molar-refractivity contribution in [3.05, 3.63) is 11.6 Å². The molecule has 0 aromatic heterocycles. The minimum atomic E-state index is -0.299. The van der Waals surface area contributed by atoms with Crippen molar-refractivity contribution in [2.24, 2.45) is 5.92 Å². The fourth-order valence-electron chi connectivity index (χ4n) is 0.728. The number of rotatable bonds is 3. The molecule has 0 spiro atoms. The van der Waals surface area contributed by atoms with Crippen LogP contribution in [-0.4, -0.2) is 12.6 Å². The largest absolute Gasteiger partial charge is 0.461 e. The Labute approximate surface area is 72.6 Å². The number of carbonyl (C=O) groups excluding carboxylic acids is 1. The van der Waals surface area contributed by atoms with E-state index in [-0.39, 0.29) is 18.5 Å². The molecule has 0 aliphatic rings. The van der Waals surface area contributed by atoms with Crippen molar-refractivity contribution in [3.8, 4) is 6.07 Å². The number of hydrogen-bond donors (Lipinski definition) is 0. The molecule has 0 heterocycles. The van der Waals surface area contributed by atoms with Gasteiger partial charge in [0.1, 0.15) is 6.61 Å². The summed E-state index contributed by atoms with van der Waals surface area (Å²) in [6, 6.07) is 2.07. The Morgan fingerprint density at radius 3 is 2.67 bits per heavy atom. The Bertz CT molecular complexity index is 225. The summed E-state index contributed by atoms with van der Waals surface area (Å²) in [5, 5.41) is 8.46. The molecule has 0 amide bonds. The molecule has 0 N–H and O–H groups in total. The summed E-state index contributed by atoms with van der Waals surface area (Å²) < 4.78 is 4.73. The smallest absolute Gasteiger partial charge is 0.302 e. The van der Waals surface area contributed by atoms with Gasteiger partial charge < -0.3 is 4.74 Å². The Morgan fingerprint density at radius 1 is 1.67 bits per heavy atom. The topological polar surface area (TPSA) is 50.1 Å². The van der Waals surface area contributed by atoms with Gasteiger partial charge in [-0.1, -0.05) is 6.08 Å². The Kier molecular flexibility index (Phi) is 4.78. The number of carbonyl (C=O) groups is 1. The maximum Gasteiger partial charge on any atom is 0.302 e. The molecular weight excluding hydrogens is 154 g/mol. The van der Waals surface area contributed by atoms with Gasteiger partial charge >= 0.3 is 5.97 Å². The third-order valence-corrected chi connectivity index (χ3v) is 1.24. The Morgan fingerprint density at radius 2 is 2.25 bits per heavy atom. The summed E-state index contributed by atoms with van der Waals surface area (Å²) in [6.45, 7) is 5.26. The molecule has 3 nitrogen and oxygen atoms in total. The van der Waals surface area contributed by atoms with Gasteiger partial charge in [-0.05, 0) is 19.4 Å². The summed E-state index contributed by atoms with van der Waals surface area (Å²) in [6.07, 6.45) is 1.78. The molecule has 0 bridgehead atoms. The van der Waals surface area contributed by atoms with Gasteiger partial charge in [0, 0.05) is 6.92 Å². The van der Waals surface area contributed by atoms with Crippen molar-refractivity contribution in [2.45, 2.75) is 20.8 Å². The molecule has 0 radical (unpaired) electrons. The summed E-state index contributed by atoms with van der Waals surface area (Å²) in [5.74, 6) is -0.423. The molecule has 0 fully saturated rings. The zero-order valence-electron chi connectivity index (χ0n) is 7.63. The van der Waals surface area contributed by atoms with Crippen LogP contribution < -0.4 is 0 Å². The molecule has 0 aromatic carbocycles. The molecule has 1 unspecified atom stereocenters. The molecule has 3 heteroatoms. The highest BCUT2D eigenvalue weighted by atomic mass is 16.5. The summed E-state index contributed by atoms with van der Waals surface area (Å²) >= 11 is 0. The highest BCUT2D eigenvalue weighted by Crippen LogP contribution is 2.01. The lowest BCUT2D eigenvalue weighted by molar-refractivity contribution is -0.139. The van der Waals surface area contributed by atoms with Gasteiger partial charge in [0.25, 0.3) is 0 Å². The predicted octanol–water partition coefficient (Wildman–Crippen LogP) is 1.66. The quantitative estimate of drug-likeness (QED) is 0.474. The van der Waals surface area contributed by atoms with E-state index in [2.05, 4.69) is 6.07 Å². The molecular formula is C9H13NO2. The lowest BCUT2D eigenvalue weighted by Crippen LogP contribution is -2.02. The lowest BCUT2D eigenvalue weighted by atomic mass is 10.1. The fourth-order valence-corrected chi connectivity index (χ4v) is 0.728. The van der Waals surface area contributed by atoms with Crippen LogP contribution in [0.2, 0.25) is 0 Å². The number of hydrogen-bond acceptors (Lipinski definition) is 3. The van der Waals surface area contributed by atoms with E-state index >= 15 is 0 Å². The SMILES string of the molecule is CC(=O)OC/C(C)=C\C(C)C#N. The van der Waals surface area contributed by atoms with Crippen molar-refractivity contribution < 1.29 is 9.53 Å². The van der Waals surface area contributed by atoms with E-state index in [1.54, 1.807) is 13.0 Å². The average molecular weight is 167 g/mol. The van der Waals surface area contributed by atoms with Gasteiger partial charge in [0.15, 0.2) is 0 Å². The van der Waals surface area contributed by atoms with E-state index in [9.17, 15) is 4.79 Å². The van der Waals surface area contributed by atoms with Crippen LogP contribution in [0.15, 0.2) is 11.6 Å². The minimum absolute atomic E-state index is 0.124. The minimum Gasteiger partial charge on any atom is -0.461 e. The molecule has 0 aliphatic heterocycles. The van der Waals surface area contributed by atoms with Crippen LogP contribution in [0.1, 0.15) is 20.8 Å². The highest BCUT2D eigenvalue weighted by molar-refractivity contribution is 5.66. The first-order valence-electron chi connectivity index (χ1n) is 3.76. The van der Waals surface area contributed by atoms with Crippen molar-refractivity contribution >= 4 is 5.97 Å². The van der Waals surface area contributed by atoms with Crippen molar-refractivity contribution in [3.63, 3.8) is 0 Å². The summed E-state index contributed by atoms with van der Waals surface area (Å²) in [4.78, 5) is 10.4. The summed E-state index contributed by atoms with van der Waals surface area (Å²) in [5.41, 5.74) is 0.902. The molecule has 0 saturated carbocycles. The van der Waals surface area contributed by atoms with Crippen molar-refractivity contribution in [1.29, 1.82) is 5.26 Å². The predicted molar refractivity (Wildman–Crippen MR) is 45.2 cm³/mol. The second-order valence-corrected chi connectivity index (χ2v) is 2.71. The molecule has 0 aromatic rings. The number of nitriles is 1. The zero-order chi connectivity index (χ0) is 9.56. The number of allylic oxidation sites excluding steroid dienone is 1. The molecule has 66 valence electrons. The average Bonchev–Trinajstić information content (AvgIpc) is 2.00. The van der Waals surface area contributed by atoms with Crippen LogP contribution in [0.25, 0.3) is 0 Å². The standard InChI is InChI=1S/C9H13NO2/c1-7(5-10)4-8(2)6-12-9(3)11/h4,7H,6H2,1-3H3/b8-4-. The van der Waals surface area contributed by atoms with Gasteiger partial charge in [-0.3, -0.25) is 4.79 Å². The molecule has 0 aliphatic carbocycles. The van der Waals surface area contributed by atoms with Crippen molar-refractivity contribution in [2.75, 3.05) is 6.61 Å². The van der Waals surface area contributed by atoms with Crippen LogP contribution >= 0.6 is 0 Å². The van der Waals surface area contributed by atoms with Gasteiger partial charge in [-0.15, -0.1) is 0 Å². The fraction of sp³-hybridized carbons (Fsp3) is 0.556. The second-order valence-electron chi connectivity index (χ2n) is 2.71.